The number of hydrogen-bond donors (Lipinski definition) is 0. The standard InChI is InChI=1S/C51H33NO2/c1-3-17-38(18-4-1)51(39-19-5-2-6-20-39)44-29-30-48-50(54-47-22-12-11-21-46(47)53-48)49(44)43-28-27-42(33-45(43)51)52(40-25-23-34-13-7-9-15-36(34)31-40)41-26-24-35-14-8-10-16-37(35)32-41/h1-33H. The van der Waals surface area contributed by atoms with Crippen molar-refractivity contribution >= 4 is 38.6 Å². The number of rotatable bonds is 5. The molecule has 2 aliphatic rings. The van der Waals surface area contributed by atoms with Gasteiger partial charge in [-0.2, -0.15) is 0 Å². The number of ether oxygens (including phenoxy) is 2. The molecule has 0 saturated heterocycles. The third-order valence-corrected chi connectivity index (χ3v) is 11.1. The molecule has 54 heavy (non-hydrogen) atoms. The van der Waals surface area contributed by atoms with Gasteiger partial charge in [0.15, 0.2) is 23.0 Å². The average molecular weight is 692 g/mol. The Kier molecular flexibility index (Phi) is 6.77. The van der Waals surface area contributed by atoms with Gasteiger partial charge in [-0.15, -0.1) is 0 Å². The van der Waals surface area contributed by atoms with Crippen LogP contribution >= 0.6 is 0 Å². The first-order chi connectivity index (χ1) is 26.8. The van der Waals surface area contributed by atoms with Crippen LogP contribution in [-0.2, 0) is 5.41 Å². The van der Waals surface area contributed by atoms with E-state index in [0.717, 1.165) is 45.3 Å². The number of hydrogen-bond acceptors (Lipinski definition) is 3. The molecule has 0 spiro atoms. The quantitative estimate of drug-likeness (QED) is 0.179. The summed E-state index contributed by atoms with van der Waals surface area (Å²) in [6.45, 7) is 0. The van der Waals surface area contributed by atoms with E-state index in [0.29, 0.717) is 11.5 Å². The summed E-state index contributed by atoms with van der Waals surface area (Å²) in [6.07, 6.45) is 0. The second kappa shape index (κ2) is 12.0. The fourth-order valence-electron chi connectivity index (χ4n) is 8.76. The molecule has 3 heteroatoms. The van der Waals surface area contributed by atoms with Crippen LogP contribution in [0.25, 0.3) is 32.7 Å². The summed E-state index contributed by atoms with van der Waals surface area (Å²) >= 11 is 0. The molecule has 1 aliphatic heterocycles. The molecular formula is C51H33NO2. The summed E-state index contributed by atoms with van der Waals surface area (Å²) in [5.41, 5.74) is 9.52. The summed E-state index contributed by atoms with van der Waals surface area (Å²) < 4.78 is 13.3. The molecule has 0 fully saturated rings. The highest BCUT2D eigenvalue weighted by molar-refractivity contribution is 5.96. The van der Waals surface area contributed by atoms with E-state index in [4.69, 9.17) is 9.47 Å². The van der Waals surface area contributed by atoms with Crippen LogP contribution in [0.3, 0.4) is 0 Å². The van der Waals surface area contributed by atoms with Crippen molar-refractivity contribution in [2.75, 3.05) is 4.90 Å². The average Bonchev–Trinajstić information content (AvgIpc) is 3.54. The molecule has 11 rings (SSSR count). The van der Waals surface area contributed by atoms with E-state index in [1.807, 2.05) is 24.3 Å². The Bertz CT molecular complexity index is 2780. The van der Waals surface area contributed by atoms with Crippen molar-refractivity contribution in [1.82, 2.24) is 0 Å². The van der Waals surface area contributed by atoms with Crippen molar-refractivity contribution in [2.45, 2.75) is 5.41 Å². The third kappa shape index (κ3) is 4.55. The second-order valence-electron chi connectivity index (χ2n) is 14.1. The summed E-state index contributed by atoms with van der Waals surface area (Å²) in [5.74, 6) is 2.90. The first kappa shape index (κ1) is 30.5. The highest BCUT2D eigenvalue weighted by atomic mass is 16.6. The summed E-state index contributed by atoms with van der Waals surface area (Å²) in [6, 6.07) is 71.6. The van der Waals surface area contributed by atoms with Gasteiger partial charge >= 0.3 is 0 Å². The monoisotopic (exact) mass is 691 g/mol. The normalized spacial score (nSPS) is 13.3. The van der Waals surface area contributed by atoms with Gasteiger partial charge in [0.2, 0.25) is 0 Å². The van der Waals surface area contributed by atoms with Crippen LogP contribution in [0, 0.1) is 0 Å². The fourth-order valence-corrected chi connectivity index (χ4v) is 8.76. The smallest absolute Gasteiger partial charge is 0.178 e. The lowest BCUT2D eigenvalue weighted by molar-refractivity contribution is 0.360. The summed E-state index contributed by atoms with van der Waals surface area (Å²) in [7, 11) is 0. The SMILES string of the molecule is c1ccc(C2(c3ccccc3)c3cc(N(c4ccc5ccccc5c4)c4ccc5ccccc5c4)ccc3-c3c2ccc2c3Oc3ccccc3O2)cc1. The molecule has 0 atom stereocenters. The van der Waals surface area contributed by atoms with E-state index in [9.17, 15) is 0 Å². The highest BCUT2D eigenvalue weighted by Gasteiger charge is 2.48. The number of nitrogens with zero attached hydrogens (tertiary/aromatic N) is 1. The zero-order valence-corrected chi connectivity index (χ0v) is 29.3. The minimum Gasteiger partial charge on any atom is -0.449 e. The van der Waals surface area contributed by atoms with Gasteiger partial charge in [-0.1, -0.05) is 146 Å². The topological polar surface area (TPSA) is 21.7 Å². The van der Waals surface area contributed by atoms with Gasteiger partial charge in [-0.05, 0) is 104 Å². The third-order valence-electron chi connectivity index (χ3n) is 11.1. The number of para-hydroxylation sites is 2. The van der Waals surface area contributed by atoms with Crippen molar-refractivity contribution < 1.29 is 9.47 Å². The number of fused-ring (bicyclic) bond motifs is 8. The van der Waals surface area contributed by atoms with Crippen LogP contribution in [-0.4, -0.2) is 0 Å². The molecule has 0 aromatic heterocycles. The Balaban J connectivity index is 1.21. The van der Waals surface area contributed by atoms with Crippen molar-refractivity contribution in [3.63, 3.8) is 0 Å². The lowest BCUT2D eigenvalue weighted by Gasteiger charge is -2.35. The van der Waals surface area contributed by atoms with E-state index >= 15 is 0 Å². The van der Waals surface area contributed by atoms with Gasteiger partial charge in [-0.25, -0.2) is 0 Å². The molecule has 0 bridgehead atoms. The van der Waals surface area contributed by atoms with E-state index in [1.165, 1.54) is 38.2 Å². The molecule has 3 nitrogen and oxygen atoms in total. The molecule has 254 valence electrons. The van der Waals surface area contributed by atoms with E-state index < -0.39 is 5.41 Å². The molecule has 1 heterocycles. The summed E-state index contributed by atoms with van der Waals surface area (Å²) in [5, 5.41) is 4.82. The predicted molar refractivity (Wildman–Crippen MR) is 220 cm³/mol. The van der Waals surface area contributed by atoms with E-state index in [2.05, 4.69) is 181 Å². The molecule has 0 radical (unpaired) electrons. The molecule has 9 aromatic rings. The lowest BCUT2D eigenvalue weighted by Crippen LogP contribution is -2.28. The van der Waals surface area contributed by atoms with E-state index in [1.54, 1.807) is 0 Å². The van der Waals surface area contributed by atoms with Crippen LogP contribution in [0.4, 0.5) is 17.1 Å². The zero-order chi connectivity index (χ0) is 35.6. The van der Waals surface area contributed by atoms with Crippen LogP contribution in [0.1, 0.15) is 22.3 Å². The minimum atomic E-state index is -0.642. The van der Waals surface area contributed by atoms with Crippen molar-refractivity contribution in [3.05, 3.63) is 222 Å². The predicted octanol–water partition coefficient (Wildman–Crippen LogP) is 13.7. The highest BCUT2D eigenvalue weighted by Crippen LogP contribution is 2.63. The zero-order valence-electron chi connectivity index (χ0n) is 29.3. The summed E-state index contributed by atoms with van der Waals surface area (Å²) in [4.78, 5) is 2.40. The van der Waals surface area contributed by atoms with Gasteiger partial charge in [0, 0.05) is 22.6 Å². The molecule has 0 unspecified atom stereocenters. The largest absolute Gasteiger partial charge is 0.449 e. The van der Waals surface area contributed by atoms with Crippen LogP contribution in [0.15, 0.2) is 200 Å². The Morgan fingerprint density at radius 1 is 0.352 bits per heavy atom. The lowest BCUT2D eigenvalue weighted by atomic mass is 9.67. The van der Waals surface area contributed by atoms with Crippen LogP contribution in [0.2, 0.25) is 0 Å². The van der Waals surface area contributed by atoms with Crippen LogP contribution in [0.5, 0.6) is 23.0 Å². The maximum atomic E-state index is 6.80. The van der Waals surface area contributed by atoms with Crippen molar-refractivity contribution in [1.29, 1.82) is 0 Å². The van der Waals surface area contributed by atoms with Gasteiger partial charge in [0.25, 0.3) is 0 Å². The Morgan fingerprint density at radius 2 is 0.852 bits per heavy atom. The number of anilines is 3. The first-order valence-corrected chi connectivity index (χ1v) is 18.4. The van der Waals surface area contributed by atoms with Crippen LogP contribution < -0.4 is 14.4 Å². The maximum absolute atomic E-state index is 6.80. The minimum absolute atomic E-state index is 0.642. The molecular weight excluding hydrogens is 659 g/mol. The van der Waals surface area contributed by atoms with Gasteiger partial charge in [0.1, 0.15) is 0 Å². The van der Waals surface area contributed by atoms with Crippen molar-refractivity contribution in [2.24, 2.45) is 0 Å². The Morgan fingerprint density at radius 3 is 1.46 bits per heavy atom. The second-order valence-corrected chi connectivity index (χ2v) is 14.1. The Hall–Kier alpha value is -7.10. The number of benzene rings is 9. The Labute approximate surface area is 313 Å². The fraction of sp³-hybridized carbons (Fsp3) is 0.0196. The maximum Gasteiger partial charge on any atom is 0.178 e. The van der Waals surface area contributed by atoms with Gasteiger partial charge in [-0.3, -0.25) is 0 Å². The van der Waals surface area contributed by atoms with Gasteiger partial charge < -0.3 is 14.4 Å². The first-order valence-electron chi connectivity index (χ1n) is 18.4. The molecule has 0 amide bonds. The van der Waals surface area contributed by atoms with E-state index in [-0.39, 0.29) is 0 Å². The molecule has 0 N–H and O–H groups in total. The molecule has 1 aliphatic carbocycles. The van der Waals surface area contributed by atoms with Crippen molar-refractivity contribution in [3.8, 4) is 34.1 Å². The molecule has 9 aromatic carbocycles. The molecule has 0 saturated carbocycles. The van der Waals surface area contributed by atoms with Gasteiger partial charge in [0.05, 0.1) is 5.41 Å².